The van der Waals surface area contributed by atoms with Gasteiger partial charge in [0.25, 0.3) is 0 Å². The minimum absolute atomic E-state index is 0.0247. The van der Waals surface area contributed by atoms with E-state index in [-0.39, 0.29) is 5.91 Å². The van der Waals surface area contributed by atoms with Gasteiger partial charge in [-0.05, 0) is 36.8 Å². The van der Waals surface area contributed by atoms with Crippen LogP contribution in [-0.4, -0.2) is 17.6 Å². The SMILES string of the molecule is CC(O)c1ccc(N2CC(=O)Nc3ccccc32)cc1. The van der Waals surface area contributed by atoms with Gasteiger partial charge in [0.15, 0.2) is 0 Å². The summed E-state index contributed by atoms with van der Waals surface area (Å²) in [5.41, 5.74) is 3.61. The number of nitrogens with one attached hydrogen (secondary N) is 1. The highest BCUT2D eigenvalue weighted by molar-refractivity contribution is 6.03. The van der Waals surface area contributed by atoms with E-state index in [9.17, 15) is 9.90 Å². The number of para-hydroxylation sites is 2. The molecule has 0 bridgehead atoms. The van der Waals surface area contributed by atoms with Gasteiger partial charge >= 0.3 is 0 Å². The van der Waals surface area contributed by atoms with E-state index < -0.39 is 6.10 Å². The lowest BCUT2D eigenvalue weighted by atomic mass is 10.1. The van der Waals surface area contributed by atoms with E-state index in [1.165, 1.54) is 0 Å². The summed E-state index contributed by atoms with van der Waals surface area (Å²) >= 11 is 0. The van der Waals surface area contributed by atoms with Crippen LogP contribution in [0.5, 0.6) is 0 Å². The van der Waals surface area contributed by atoms with Crippen LogP contribution in [-0.2, 0) is 4.79 Å². The molecule has 0 aromatic heterocycles. The minimum Gasteiger partial charge on any atom is -0.389 e. The largest absolute Gasteiger partial charge is 0.389 e. The van der Waals surface area contributed by atoms with Crippen molar-refractivity contribution in [2.75, 3.05) is 16.8 Å². The lowest BCUT2D eigenvalue weighted by Crippen LogP contribution is -2.34. The van der Waals surface area contributed by atoms with E-state index in [0.717, 1.165) is 22.6 Å². The third-order valence-corrected chi connectivity index (χ3v) is 3.46. The number of hydrogen-bond donors (Lipinski definition) is 2. The Balaban J connectivity index is 1.99. The van der Waals surface area contributed by atoms with Crippen LogP contribution < -0.4 is 10.2 Å². The van der Waals surface area contributed by atoms with Gasteiger partial charge in [-0.3, -0.25) is 4.79 Å². The van der Waals surface area contributed by atoms with Gasteiger partial charge in [-0.2, -0.15) is 0 Å². The highest BCUT2D eigenvalue weighted by atomic mass is 16.3. The normalized spacial score (nSPS) is 15.5. The molecule has 3 rings (SSSR count). The minimum atomic E-state index is -0.485. The van der Waals surface area contributed by atoms with Crippen LogP contribution in [0.1, 0.15) is 18.6 Å². The Hall–Kier alpha value is -2.33. The van der Waals surface area contributed by atoms with Crippen molar-refractivity contribution in [2.45, 2.75) is 13.0 Å². The average molecular weight is 268 g/mol. The summed E-state index contributed by atoms with van der Waals surface area (Å²) < 4.78 is 0. The zero-order valence-corrected chi connectivity index (χ0v) is 11.2. The van der Waals surface area contributed by atoms with Crippen molar-refractivity contribution in [3.8, 4) is 0 Å². The second-order valence-corrected chi connectivity index (χ2v) is 4.92. The van der Waals surface area contributed by atoms with E-state index in [4.69, 9.17) is 0 Å². The number of hydrogen-bond acceptors (Lipinski definition) is 3. The second-order valence-electron chi connectivity index (χ2n) is 4.92. The lowest BCUT2D eigenvalue weighted by Gasteiger charge is -2.31. The molecule has 1 amide bonds. The Bertz CT molecular complexity index is 635. The van der Waals surface area contributed by atoms with Gasteiger partial charge in [0.05, 0.1) is 17.5 Å². The van der Waals surface area contributed by atoms with Crippen LogP contribution in [0.15, 0.2) is 48.5 Å². The van der Waals surface area contributed by atoms with Crippen molar-refractivity contribution in [1.29, 1.82) is 0 Å². The molecule has 1 heterocycles. The molecule has 0 fully saturated rings. The molecule has 1 aliphatic heterocycles. The molecule has 2 N–H and O–H groups in total. The highest BCUT2D eigenvalue weighted by Gasteiger charge is 2.22. The highest BCUT2D eigenvalue weighted by Crippen LogP contribution is 2.34. The van der Waals surface area contributed by atoms with Crippen molar-refractivity contribution in [3.05, 3.63) is 54.1 Å². The number of anilines is 3. The molecular formula is C16H16N2O2. The molecule has 0 saturated carbocycles. The van der Waals surface area contributed by atoms with Crippen molar-refractivity contribution in [2.24, 2.45) is 0 Å². The van der Waals surface area contributed by atoms with Crippen LogP contribution in [0.25, 0.3) is 0 Å². The van der Waals surface area contributed by atoms with Gasteiger partial charge in [0, 0.05) is 5.69 Å². The van der Waals surface area contributed by atoms with E-state index in [0.29, 0.717) is 6.54 Å². The van der Waals surface area contributed by atoms with Gasteiger partial charge in [-0.25, -0.2) is 0 Å². The van der Waals surface area contributed by atoms with Crippen molar-refractivity contribution < 1.29 is 9.90 Å². The zero-order chi connectivity index (χ0) is 14.1. The van der Waals surface area contributed by atoms with E-state index in [2.05, 4.69) is 5.32 Å². The molecule has 0 aliphatic carbocycles. The molecular weight excluding hydrogens is 252 g/mol. The number of aliphatic hydroxyl groups is 1. The molecule has 1 atom stereocenters. The Morgan fingerprint density at radius 1 is 1.15 bits per heavy atom. The summed E-state index contributed by atoms with van der Waals surface area (Å²) in [4.78, 5) is 13.8. The summed E-state index contributed by atoms with van der Waals surface area (Å²) in [5, 5.41) is 12.4. The van der Waals surface area contributed by atoms with Crippen molar-refractivity contribution >= 4 is 23.0 Å². The molecule has 2 aromatic rings. The quantitative estimate of drug-likeness (QED) is 0.880. The fraction of sp³-hybridized carbons (Fsp3) is 0.188. The first kappa shape index (κ1) is 12.7. The monoisotopic (exact) mass is 268 g/mol. The molecule has 0 radical (unpaired) electrons. The summed E-state index contributed by atoms with van der Waals surface area (Å²) in [6, 6.07) is 15.4. The molecule has 4 nitrogen and oxygen atoms in total. The van der Waals surface area contributed by atoms with E-state index in [1.54, 1.807) is 6.92 Å². The third kappa shape index (κ3) is 2.26. The molecule has 102 valence electrons. The van der Waals surface area contributed by atoms with Crippen LogP contribution in [0.2, 0.25) is 0 Å². The summed E-state index contributed by atoms with van der Waals surface area (Å²) in [7, 11) is 0. The van der Waals surface area contributed by atoms with Crippen LogP contribution in [0.4, 0.5) is 17.1 Å². The summed E-state index contributed by atoms with van der Waals surface area (Å²) in [6.07, 6.45) is -0.485. The number of carbonyl (C=O) groups excluding carboxylic acids is 1. The summed E-state index contributed by atoms with van der Waals surface area (Å²) in [6.45, 7) is 2.03. The standard InChI is InChI=1S/C16H16N2O2/c1-11(19)12-6-8-13(9-7-12)18-10-16(20)17-14-4-2-3-5-15(14)18/h2-9,11,19H,10H2,1H3,(H,17,20). The third-order valence-electron chi connectivity index (χ3n) is 3.46. The predicted molar refractivity (Wildman–Crippen MR) is 79.2 cm³/mol. The maximum absolute atomic E-state index is 11.8. The number of benzene rings is 2. The molecule has 4 heteroatoms. The van der Waals surface area contributed by atoms with Crippen molar-refractivity contribution in [1.82, 2.24) is 0 Å². The molecule has 2 aromatic carbocycles. The van der Waals surface area contributed by atoms with Gasteiger partial charge in [0.1, 0.15) is 6.54 Å². The predicted octanol–water partition coefficient (Wildman–Crippen LogP) is 2.83. The Morgan fingerprint density at radius 3 is 2.55 bits per heavy atom. The molecule has 0 saturated heterocycles. The Morgan fingerprint density at radius 2 is 1.85 bits per heavy atom. The average Bonchev–Trinajstić information content (AvgIpc) is 2.46. The molecule has 20 heavy (non-hydrogen) atoms. The molecule has 0 spiro atoms. The second kappa shape index (κ2) is 4.98. The van der Waals surface area contributed by atoms with Crippen molar-refractivity contribution in [3.63, 3.8) is 0 Å². The number of rotatable bonds is 2. The molecule has 1 aliphatic rings. The Labute approximate surface area is 117 Å². The number of carbonyl (C=O) groups is 1. The number of aliphatic hydroxyl groups excluding tert-OH is 1. The van der Waals surface area contributed by atoms with Crippen LogP contribution in [0.3, 0.4) is 0 Å². The van der Waals surface area contributed by atoms with Gasteiger partial charge in [-0.15, -0.1) is 0 Å². The first-order valence-electron chi connectivity index (χ1n) is 6.59. The number of amides is 1. The number of nitrogens with zero attached hydrogens (tertiary/aromatic N) is 1. The van der Waals surface area contributed by atoms with Gasteiger partial charge in [0.2, 0.25) is 5.91 Å². The fourth-order valence-corrected chi connectivity index (χ4v) is 2.40. The first-order valence-corrected chi connectivity index (χ1v) is 6.59. The fourth-order valence-electron chi connectivity index (χ4n) is 2.40. The van der Waals surface area contributed by atoms with Crippen LogP contribution >= 0.6 is 0 Å². The smallest absolute Gasteiger partial charge is 0.244 e. The van der Waals surface area contributed by atoms with E-state index in [1.807, 2.05) is 53.4 Å². The number of fused-ring (bicyclic) bond motifs is 1. The maximum atomic E-state index is 11.8. The first-order chi connectivity index (χ1) is 9.65. The van der Waals surface area contributed by atoms with Gasteiger partial charge < -0.3 is 15.3 Å². The zero-order valence-electron chi connectivity index (χ0n) is 11.2. The topological polar surface area (TPSA) is 52.6 Å². The molecule has 1 unspecified atom stereocenters. The van der Waals surface area contributed by atoms with Crippen LogP contribution in [0, 0.1) is 0 Å². The summed E-state index contributed by atoms with van der Waals surface area (Å²) in [5.74, 6) is -0.0247. The van der Waals surface area contributed by atoms with E-state index >= 15 is 0 Å². The van der Waals surface area contributed by atoms with Gasteiger partial charge in [-0.1, -0.05) is 24.3 Å². The lowest BCUT2D eigenvalue weighted by molar-refractivity contribution is -0.115. The maximum Gasteiger partial charge on any atom is 0.244 e. The Kier molecular flexibility index (Phi) is 3.16.